The third-order valence-electron chi connectivity index (χ3n) is 4.95. The normalized spacial score (nSPS) is 15.6. The topological polar surface area (TPSA) is 20.3 Å². The fraction of sp³-hybridized carbons (Fsp3) is 0.381. The summed E-state index contributed by atoms with van der Waals surface area (Å²) in [4.78, 5) is 15.5. The van der Waals surface area contributed by atoms with Gasteiger partial charge in [0.05, 0.1) is 0 Å². The molecule has 0 saturated carbocycles. The first-order chi connectivity index (χ1) is 11.2. The Labute approximate surface area is 139 Å². The summed E-state index contributed by atoms with van der Waals surface area (Å²) >= 11 is 0. The van der Waals surface area contributed by atoms with E-state index in [9.17, 15) is 4.79 Å². The van der Waals surface area contributed by atoms with Crippen LogP contribution in [0.25, 0.3) is 0 Å². The van der Waals surface area contributed by atoms with Gasteiger partial charge in [0.25, 0.3) is 0 Å². The van der Waals surface area contributed by atoms with Crippen LogP contribution in [0.2, 0.25) is 0 Å². The molecule has 2 heteroatoms. The van der Waals surface area contributed by atoms with Crippen molar-refractivity contribution in [3.05, 3.63) is 70.3 Å². The molecular formula is C21H25NO. The van der Waals surface area contributed by atoms with Crippen LogP contribution in [0.15, 0.2) is 42.5 Å². The van der Waals surface area contributed by atoms with Crippen LogP contribution in [0, 0.1) is 13.8 Å². The number of piperidine rings is 1. The van der Waals surface area contributed by atoms with Crippen molar-refractivity contribution in [3.63, 3.8) is 0 Å². The number of ketones is 1. The van der Waals surface area contributed by atoms with Gasteiger partial charge in [-0.05, 0) is 56.5 Å². The number of benzene rings is 2. The third-order valence-corrected chi connectivity index (χ3v) is 4.95. The van der Waals surface area contributed by atoms with E-state index in [1.165, 1.54) is 24.8 Å². The summed E-state index contributed by atoms with van der Waals surface area (Å²) in [5, 5.41) is 0. The van der Waals surface area contributed by atoms with Crippen LogP contribution in [-0.2, 0) is 6.54 Å². The van der Waals surface area contributed by atoms with Gasteiger partial charge in [0.1, 0.15) is 0 Å². The van der Waals surface area contributed by atoms with E-state index in [4.69, 9.17) is 0 Å². The highest BCUT2D eigenvalue weighted by atomic mass is 16.1. The number of rotatable bonds is 4. The molecule has 0 bridgehead atoms. The Morgan fingerprint density at radius 1 is 0.913 bits per heavy atom. The number of aryl methyl sites for hydroxylation is 1. The van der Waals surface area contributed by atoms with Gasteiger partial charge in [-0.15, -0.1) is 0 Å². The molecule has 2 aromatic carbocycles. The van der Waals surface area contributed by atoms with E-state index in [1.807, 2.05) is 37.3 Å². The number of nitrogens with zero attached hydrogens (tertiary/aromatic N) is 1. The minimum Gasteiger partial charge on any atom is -0.299 e. The first-order valence-electron chi connectivity index (χ1n) is 8.58. The Kier molecular flexibility index (Phi) is 4.92. The number of likely N-dealkylation sites (tertiary alicyclic amines) is 1. The molecule has 0 N–H and O–H groups in total. The molecule has 1 aliphatic rings. The molecule has 2 nitrogen and oxygen atoms in total. The standard InChI is InChI=1S/C21H25NO/c1-16-9-8-12-19(17(16)2)21(23)20-11-5-4-10-18(20)15-22-13-6-3-7-14-22/h4-5,8-12H,3,6-7,13-15H2,1-2H3. The summed E-state index contributed by atoms with van der Waals surface area (Å²) in [5.74, 6) is 0.152. The molecule has 0 unspecified atom stereocenters. The lowest BCUT2D eigenvalue weighted by Crippen LogP contribution is -2.29. The first-order valence-corrected chi connectivity index (χ1v) is 8.58. The van der Waals surface area contributed by atoms with Crippen LogP contribution in [-0.4, -0.2) is 23.8 Å². The Morgan fingerprint density at radius 2 is 1.61 bits per heavy atom. The van der Waals surface area contributed by atoms with Gasteiger partial charge in [0.2, 0.25) is 0 Å². The van der Waals surface area contributed by atoms with Crippen molar-refractivity contribution in [1.29, 1.82) is 0 Å². The molecule has 1 fully saturated rings. The van der Waals surface area contributed by atoms with Crippen LogP contribution < -0.4 is 0 Å². The molecule has 1 heterocycles. The van der Waals surface area contributed by atoms with E-state index in [0.29, 0.717) is 0 Å². The fourth-order valence-electron chi connectivity index (χ4n) is 3.38. The zero-order valence-corrected chi connectivity index (χ0v) is 14.1. The maximum atomic E-state index is 13.1. The van der Waals surface area contributed by atoms with E-state index in [-0.39, 0.29) is 5.78 Å². The number of hydrogen-bond donors (Lipinski definition) is 0. The second-order valence-electron chi connectivity index (χ2n) is 6.57. The fourth-order valence-corrected chi connectivity index (χ4v) is 3.38. The summed E-state index contributed by atoms with van der Waals surface area (Å²) < 4.78 is 0. The average molecular weight is 307 g/mol. The third kappa shape index (κ3) is 3.53. The van der Waals surface area contributed by atoms with Gasteiger partial charge in [-0.1, -0.05) is 48.9 Å². The molecule has 0 spiro atoms. The van der Waals surface area contributed by atoms with Gasteiger partial charge >= 0.3 is 0 Å². The second kappa shape index (κ2) is 7.10. The Bertz CT molecular complexity index is 699. The first kappa shape index (κ1) is 15.9. The van der Waals surface area contributed by atoms with E-state index in [0.717, 1.165) is 41.9 Å². The van der Waals surface area contributed by atoms with E-state index < -0.39 is 0 Å². The highest BCUT2D eigenvalue weighted by Gasteiger charge is 2.18. The van der Waals surface area contributed by atoms with Gasteiger partial charge in [-0.25, -0.2) is 0 Å². The number of carbonyl (C=O) groups excluding carboxylic acids is 1. The summed E-state index contributed by atoms with van der Waals surface area (Å²) in [6.45, 7) is 7.27. The van der Waals surface area contributed by atoms with Gasteiger partial charge in [-0.2, -0.15) is 0 Å². The zero-order valence-electron chi connectivity index (χ0n) is 14.1. The molecule has 0 radical (unpaired) electrons. The number of carbonyl (C=O) groups is 1. The lowest BCUT2D eigenvalue weighted by atomic mass is 9.93. The lowest BCUT2D eigenvalue weighted by molar-refractivity contribution is 0.103. The predicted molar refractivity (Wildman–Crippen MR) is 94.9 cm³/mol. The predicted octanol–water partition coefficient (Wildman–Crippen LogP) is 4.52. The Balaban J connectivity index is 1.90. The summed E-state index contributed by atoms with van der Waals surface area (Å²) in [6.07, 6.45) is 3.87. The largest absolute Gasteiger partial charge is 0.299 e. The smallest absolute Gasteiger partial charge is 0.193 e. The Hall–Kier alpha value is -1.93. The van der Waals surface area contributed by atoms with Crippen molar-refractivity contribution in [3.8, 4) is 0 Å². The van der Waals surface area contributed by atoms with E-state index >= 15 is 0 Å². The van der Waals surface area contributed by atoms with Crippen LogP contribution in [0.5, 0.6) is 0 Å². The van der Waals surface area contributed by atoms with Gasteiger partial charge < -0.3 is 0 Å². The van der Waals surface area contributed by atoms with Crippen LogP contribution in [0.4, 0.5) is 0 Å². The second-order valence-corrected chi connectivity index (χ2v) is 6.57. The minimum absolute atomic E-state index is 0.152. The van der Waals surface area contributed by atoms with Gasteiger partial charge in [0.15, 0.2) is 5.78 Å². The van der Waals surface area contributed by atoms with Crippen molar-refractivity contribution >= 4 is 5.78 Å². The quantitative estimate of drug-likeness (QED) is 0.774. The molecule has 0 aliphatic carbocycles. The number of hydrogen-bond acceptors (Lipinski definition) is 2. The van der Waals surface area contributed by atoms with Gasteiger partial charge in [0, 0.05) is 17.7 Å². The molecule has 3 rings (SSSR count). The highest BCUT2D eigenvalue weighted by Crippen LogP contribution is 2.21. The summed E-state index contributed by atoms with van der Waals surface area (Å²) in [6, 6.07) is 14.1. The van der Waals surface area contributed by atoms with Crippen LogP contribution in [0.1, 0.15) is 51.9 Å². The van der Waals surface area contributed by atoms with Crippen LogP contribution >= 0.6 is 0 Å². The summed E-state index contributed by atoms with van der Waals surface area (Å²) in [7, 11) is 0. The molecule has 0 amide bonds. The lowest BCUT2D eigenvalue weighted by Gasteiger charge is -2.27. The molecule has 2 aromatic rings. The molecular weight excluding hydrogens is 282 g/mol. The molecule has 1 aliphatic heterocycles. The maximum Gasteiger partial charge on any atom is 0.193 e. The molecule has 23 heavy (non-hydrogen) atoms. The van der Waals surface area contributed by atoms with Crippen molar-refractivity contribution in [1.82, 2.24) is 4.90 Å². The SMILES string of the molecule is Cc1cccc(C(=O)c2ccccc2CN2CCCCC2)c1C. The van der Waals surface area contributed by atoms with Crippen molar-refractivity contribution < 1.29 is 4.79 Å². The van der Waals surface area contributed by atoms with Crippen molar-refractivity contribution in [2.45, 2.75) is 39.7 Å². The molecule has 0 aromatic heterocycles. The average Bonchev–Trinajstić information content (AvgIpc) is 2.58. The minimum atomic E-state index is 0.152. The van der Waals surface area contributed by atoms with Crippen molar-refractivity contribution in [2.75, 3.05) is 13.1 Å². The van der Waals surface area contributed by atoms with E-state index in [2.05, 4.69) is 24.0 Å². The maximum absolute atomic E-state index is 13.1. The zero-order chi connectivity index (χ0) is 16.2. The van der Waals surface area contributed by atoms with Crippen LogP contribution in [0.3, 0.4) is 0 Å². The van der Waals surface area contributed by atoms with Crippen molar-refractivity contribution in [2.24, 2.45) is 0 Å². The van der Waals surface area contributed by atoms with Gasteiger partial charge in [-0.3, -0.25) is 9.69 Å². The molecule has 120 valence electrons. The molecule has 1 saturated heterocycles. The Morgan fingerprint density at radius 3 is 2.39 bits per heavy atom. The monoisotopic (exact) mass is 307 g/mol. The highest BCUT2D eigenvalue weighted by molar-refractivity contribution is 6.10. The van der Waals surface area contributed by atoms with E-state index in [1.54, 1.807) is 0 Å². The molecule has 0 atom stereocenters. The summed E-state index contributed by atoms with van der Waals surface area (Å²) in [5.41, 5.74) is 5.10.